The number of nitrogens with one attached hydrogen (secondary N) is 1. The van der Waals surface area contributed by atoms with E-state index in [1.54, 1.807) is 25.4 Å². The summed E-state index contributed by atoms with van der Waals surface area (Å²) < 4.78 is 14.8. The Morgan fingerprint density at radius 2 is 1.97 bits per heavy atom. The monoisotopic (exact) mass is 526 g/mol. The second-order valence-corrected chi connectivity index (χ2v) is 10.7. The van der Waals surface area contributed by atoms with Crippen molar-refractivity contribution in [3.05, 3.63) is 77.9 Å². The number of nitriles is 1. The molecular weight excluding hydrogens is 499 g/mol. The van der Waals surface area contributed by atoms with Gasteiger partial charge in [-0.25, -0.2) is 9.07 Å². The molecule has 3 heterocycles. The number of likely N-dealkylation sites (tertiary alicyclic amines) is 1. The number of anilines is 1. The van der Waals surface area contributed by atoms with Crippen molar-refractivity contribution >= 4 is 23.4 Å². The summed E-state index contributed by atoms with van der Waals surface area (Å²) in [6.45, 7) is 0.0819. The molecule has 1 spiro atoms. The zero-order valence-corrected chi connectivity index (χ0v) is 21.4. The first-order valence-corrected chi connectivity index (χ1v) is 13.0. The zero-order chi connectivity index (χ0) is 27.3. The molecule has 2 fully saturated rings. The molecule has 1 N–H and O–H groups in total. The lowest BCUT2D eigenvalue weighted by atomic mass is 9.80. The molecule has 3 amide bonds. The minimum Gasteiger partial charge on any atom is -0.330 e. The molecule has 9 nitrogen and oxygen atoms in total. The lowest BCUT2D eigenvalue weighted by Crippen LogP contribution is -2.51. The zero-order valence-electron chi connectivity index (χ0n) is 21.4. The third-order valence-electron chi connectivity index (χ3n) is 8.16. The van der Waals surface area contributed by atoms with Crippen molar-refractivity contribution in [2.24, 2.45) is 5.92 Å². The number of carbonyl (C=O) groups excluding carboxylic acids is 3. The van der Waals surface area contributed by atoms with Gasteiger partial charge in [0.25, 0.3) is 5.91 Å². The molecule has 2 aromatic carbocycles. The fraction of sp³-hybridized carbons (Fsp3) is 0.345. The highest BCUT2D eigenvalue weighted by atomic mass is 19.1. The standard InChI is InChI=1S/C29H27FN6O3/c1-34(26(37)19-15-32-36(16-19)21-10-8-20(30)9-11-21)25(12-18-6-7-18)27(38)35-17-29(13-22(35)14-31)23-4-2-3-5-24(23)33-28(29)39/h2-5,8-11,15-16,18,22,25H,6-7,12-13,17H2,1H3,(H,33,39)/t22-,25-,29-/m0/s1. The van der Waals surface area contributed by atoms with Gasteiger partial charge in [0.15, 0.2) is 0 Å². The van der Waals surface area contributed by atoms with Gasteiger partial charge in [-0.1, -0.05) is 31.0 Å². The van der Waals surface area contributed by atoms with Crippen LogP contribution in [0.2, 0.25) is 0 Å². The van der Waals surface area contributed by atoms with Gasteiger partial charge in [-0.2, -0.15) is 10.4 Å². The Kier molecular flexibility index (Phi) is 5.94. The molecule has 1 saturated carbocycles. The lowest BCUT2D eigenvalue weighted by Gasteiger charge is -2.32. The van der Waals surface area contributed by atoms with E-state index in [4.69, 9.17) is 0 Å². The van der Waals surface area contributed by atoms with E-state index in [1.807, 2.05) is 24.3 Å². The number of hydrogen-bond donors (Lipinski definition) is 1. The van der Waals surface area contributed by atoms with E-state index in [2.05, 4.69) is 16.5 Å². The molecule has 0 bridgehead atoms. The number of para-hydroxylation sites is 1. The van der Waals surface area contributed by atoms with E-state index in [9.17, 15) is 24.0 Å². The van der Waals surface area contributed by atoms with E-state index in [-0.39, 0.29) is 42.1 Å². The van der Waals surface area contributed by atoms with Gasteiger partial charge in [0.1, 0.15) is 17.9 Å². The second-order valence-electron chi connectivity index (χ2n) is 10.7. The van der Waals surface area contributed by atoms with Gasteiger partial charge in [-0.05, 0) is 48.2 Å². The fourth-order valence-electron chi connectivity index (χ4n) is 5.78. The topological polar surface area (TPSA) is 111 Å². The molecule has 10 heteroatoms. The van der Waals surface area contributed by atoms with Crippen molar-refractivity contribution in [2.75, 3.05) is 18.9 Å². The van der Waals surface area contributed by atoms with Crippen LogP contribution in [-0.4, -0.2) is 63.0 Å². The normalized spacial score (nSPS) is 22.3. The summed E-state index contributed by atoms with van der Waals surface area (Å²) in [5, 5.41) is 17.2. The van der Waals surface area contributed by atoms with Gasteiger partial charge in [0, 0.05) is 31.9 Å². The van der Waals surface area contributed by atoms with Gasteiger partial charge < -0.3 is 15.1 Å². The quantitative estimate of drug-likeness (QED) is 0.530. The molecule has 198 valence electrons. The summed E-state index contributed by atoms with van der Waals surface area (Å²) in [7, 11) is 1.59. The van der Waals surface area contributed by atoms with Crippen LogP contribution in [0.4, 0.5) is 10.1 Å². The van der Waals surface area contributed by atoms with Crippen LogP contribution in [0, 0.1) is 23.1 Å². The van der Waals surface area contributed by atoms with E-state index in [1.165, 1.54) is 32.8 Å². The summed E-state index contributed by atoms with van der Waals surface area (Å²) in [4.78, 5) is 43.7. The minimum atomic E-state index is -0.990. The van der Waals surface area contributed by atoms with E-state index < -0.39 is 17.5 Å². The van der Waals surface area contributed by atoms with Crippen LogP contribution < -0.4 is 5.32 Å². The SMILES string of the molecule is CN(C(=O)c1cnn(-c2ccc(F)cc2)c1)[C@@H](CC1CC1)C(=O)N1C[C@]2(C[C@H]1C#N)C(=O)Nc1ccccc12. The number of amides is 3. The number of rotatable bonds is 6. The van der Waals surface area contributed by atoms with Crippen molar-refractivity contribution in [2.45, 2.75) is 43.2 Å². The van der Waals surface area contributed by atoms with Crippen LogP contribution in [0.5, 0.6) is 0 Å². The predicted octanol–water partition coefficient (Wildman–Crippen LogP) is 3.27. The van der Waals surface area contributed by atoms with Gasteiger partial charge in [0.2, 0.25) is 11.8 Å². The highest BCUT2D eigenvalue weighted by Gasteiger charge is 2.56. The molecule has 39 heavy (non-hydrogen) atoms. The average Bonchev–Trinajstić information content (AvgIpc) is 3.37. The molecule has 0 radical (unpaired) electrons. The first kappa shape index (κ1) is 24.8. The van der Waals surface area contributed by atoms with Crippen molar-refractivity contribution < 1.29 is 18.8 Å². The van der Waals surface area contributed by atoms with Crippen molar-refractivity contribution in [3.63, 3.8) is 0 Å². The molecular formula is C29H27FN6O3. The Morgan fingerprint density at radius 3 is 2.69 bits per heavy atom. The summed E-state index contributed by atoms with van der Waals surface area (Å²) in [6, 6.07) is 13.8. The first-order chi connectivity index (χ1) is 18.8. The largest absolute Gasteiger partial charge is 0.330 e. The van der Waals surface area contributed by atoms with Gasteiger partial charge in [-0.15, -0.1) is 0 Å². The van der Waals surface area contributed by atoms with Crippen molar-refractivity contribution in [1.29, 1.82) is 5.26 Å². The van der Waals surface area contributed by atoms with E-state index >= 15 is 0 Å². The number of fused-ring (bicyclic) bond motifs is 2. The summed E-state index contributed by atoms with van der Waals surface area (Å²) in [6.07, 6.45) is 5.62. The number of aromatic nitrogens is 2. The minimum absolute atomic E-state index is 0.0819. The summed E-state index contributed by atoms with van der Waals surface area (Å²) in [5.41, 5.74) is 1.39. The van der Waals surface area contributed by atoms with Crippen LogP contribution in [0.3, 0.4) is 0 Å². The highest BCUT2D eigenvalue weighted by Crippen LogP contribution is 2.47. The Hall–Kier alpha value is -4.52. The number of nitrogens with zero attached hydrogens (tertiary/aromatic N) is 5. The highest BCUT2D eigenvalue weighted by molar-refractivity contribution is 6.07. The van der Waals surface area contributed by atoms with Gasteiger partial charge in [-0.3, -0.25) is 14.4 Å². The van der Waals surface area contributed by atoms with Crippen LogP contribution in [0.15, 0.2) is 60.9 Å². The van der Waals surface area contributed by atoms with Crippen LogP contribution in [-0.2, 0) is 15.0 Å². The molecule has 0 unspecified atom stereocenters. The lowest BCUT2D eigenvalue weighted by molar-refractivity contribution is -0.136. The molecule has 2 aliphatic heterocycles. The maximum absolute atomic E-state index is 14.1. The summed E-state index contributed by atoms with van der Waals surface area (Å²) in [5.74, 6) is -0.973. The van der Waals surface area contributed by atoms with Crippen LogP contribution in [0.25, 0.3) is 5.69 Å². The van der Waals surface area contributed by atoms with E-state index in [0.717, 1.165) is 18.4 Å². The van der Waals surface area contributed by atoms with E-state index in [0.29, 0.717) is 23.7 Å². The first-order valence-electron chi connectivity index (χ1n) is 13.0. The third kappa shape index (κ3) is 4.24. The van der Waals surface area contributed by atoms with Gasteiger partial charge >= 0.3 is 0 Å². The Labute approximate surface area is 224 Å². The smallest absolute Gasteiger partial charge is 0.257 e. The molecule has 3 aromatic rings. The number of likely N-dealkylation sites (N-methyl/N-ethyl adjacent to an activating group) is 1. The molecule has 1 aromatic heterocycles. The average molecular weight is 527 g/mol. The molecule has 3 aliphatic rings. The maximum atomic E-state index is 14.1. The number of halogens is 1. The van der Waals surface area contributed by atoms with Crippen LogP contribution in [0.1, 0.15) is 41.6 Å². The molecule has 1 saturated heterocycles. The van der Waals surface area contributed by atoms with Gasteiger partial charge in [0.05, 0.1) is 28.9 Å². The second kappa shape index (κ2) is 9.34. The number of carbonyl (C=O) groups is 3. The third-order valence-corrected chi connectivity index (χ3v) is 8.16. The Morgan fingerprint density at radius 1 is 1.23 bits per heavy atom. The number of hydrogen-bond acceptors (Lipinski definition) is 5. The number of benzene rings is 2. The molecule has 6 rings (SSSR count). The summed E-state index contributed by atoms with van der Waals surface area (Å²) >= 11 is 0. The molecule has 3 atom stereocenters. The molecule has 1 aliphatic carbocycles. The van der Waals surface area contributed by atoms with Crippen molar-refractivity contribution in [1.82, 2.24) is 19.6 Å². The maximum Gasteiger partial charge on any atom is 0.257 e. The Balaban J connectivity index is 1.26. The predicted molar refractivity (Wildman–Crippen MR) is 139 cm³/mol. The fourth-order valence-corrected chi connectivity index (χ4v) is 5.78. The van der Waals surface area contributed by atoms with Crippen LogP contribution >= 0.6 is 0 Å². The van der Waals surface area contributed by atoms with Crippen molar-refractivity contribution in [3.8, 4) is 11.8 Å². The Bertz CT molecular complexity index is 1510.